The highest BCUT2D eigenvalue weighted by atomic mass is 32.1. The summed E-state index contributed by atoms with van der Waals surface area (Å²) < 4.78 is 5.87. The van der Waals surface area contributed by atoms with Crippen molar-refractivity contribution in [1.82, 2.24) is 0 Å². The maximum Gasteiger partial charge on any atom is 0.119 e. The minimum absolute atomic E-state index is 0.0858. The molecule has 2 atom stereocenters. The van der Waals surface area contributed by atoms with Crippen molar-refractivity contribution in [3.05, 3.63) is 60.7 Å². The van der Waals surface area contributed by atoms with Gasteiger partial charge in [0.2, 0.25) is 0 Å². The van der Waals surface area contributed by atoms with Crippen molar-refractivity contribution in [2.75, 3.05) is 0 Å². The van der Waals surface area contributed by atoms with Crippen LogP contribution in [0.15, 0.2) is 55.1 Å². The molecule has 0 radical (unpaired) electrons. The highest BCUT2D eigenvalue weighted by molar-refractivity contribution is 7.80. The van der Waals surface area contributed by atoms with Crippen LogP contribution in [0.1, 0.15) is 25.8 Å². The maximum absolute atomic E-state index is 9.35. The van der Waals surface area contributed by atoms with E-state index in [-0.39, 0.29) is 11.9 Å². The number of aliphatic hydroxyl groups excluding tert-OH is 1. The number of benzene rings is 2. The quantitative estimate of drug-likeness (QED) is 0.555. The number of hydrogen-bond acceptors (Lipinski definition) is 3. The van der Waals surface area contributed by atoms with Gasteiger partial charge in [-0.1, -0.05) is 49.9 Å². The van der Waals surface area contributed by atoms with Crippen molar-refractivity contribution < 1.29 is 9.84 Å². The summed E-state index contributed by atoms with van der Waals surface area (Å²) in [6, 6.07) is 15.7. The Morgan fingerprint density at radius 1 is 1.05 bits per heavy atom. The molecule has 1 N–H and O–H groups in total. The van der Waals surface area contributed by atoms with Gasteiger partial charge in [0.15, 0.2) is 0 Å². The Bertz CT molecular complexity index is 615. The van der Waals surface area contributed by atoms with E-state index in [1.165, 1.54) is 0 Å². The van der Waals surface area contributed by atoms with Gasteiger partial charge < -0.3 is 9.84 Å². The lowest BCUT2D eigenvalue weighted by atomic mass is 10.0. The largest absolute Gasteiger partial charge is 0.508 e. The number of ether oxygens (including phenoxy) is 1. The minimum atomic E-state index is 0.0858. The second kappa shape index (κ2) is 7.41. The number of hydrogen-bond donors (Lipinski definition) is 2. The molecule has 0 aliphatic rings. The van der Waals surface area contributed by atoms with Crippen LogP contribution in [-0.4, -0.2) is 16.5 Å². The van der Waals surface area contributed by atoms with Gasteiger partial charge in [-0.2, -0.15) is 12.6 Å². The summed E-state index contributed by atoms with van der Waals surface area (Å²) in [5.74, 6) is 0.952. The predicted octanol–water partition coefficient (Wildman–Crippen LogP) is 5.36. The van der Waals surface area contributed by atoms with E-state index in [1.807, 2.05) is 48.5 Å². The van der Waals surface area contributed by atoms with Gasteiger partial charge in [0.25, 0.3) is 0 Å². The summed E-state index contributed by atoms with van der Waals surface area (Å²) in [6.07, 6.45) is 1.06. The predicted molar refractivity (Wildman–Crippen MR) is 96.7 cm³/mol. The molecule has 0 fully saturated rings. The Hall–Kier alpha value is -1.87. The molecule has 2 rings (SSSR count). The van der Waals surface area contributed by atoms with Gasteiger partial charge >= 0.3 is 0 Å². The van der Waals surface area contributed by atoms with E-state index in [1.54, 1.807) is 0 Å². The first-order valence-electron chi connectivity index (χ1n) is 7.39. The van der Waals surface area contributed by atoms with Crippen LogP contribution in [0.4, 0.5) is 0 Å². The van der Waals surface area contributed by atoms with Crippen LogP contribution in [-0.2, 0) is 0 Å². The zero-order valence-corrected chi connectivity index (χ0v) is 13.9. The van der Waals surface area contributed by atoms with Crippen LogP contribution >= 0.6 is 12.6 Å². The molecule has 0 bridgehead atoms. The molecule has 2 aromatic rings. The molecule has 116 valence electrons. The molecule has 0 aromatic heterocycles. The lowest BCUT2D eigenvalue weighted by Crippen LogP contribution is -2.15. The van der Waals surface area contributed by atoms with E-state index in [2.05, 4.69) is 33.1 Å². The lowest BCUT2D eigenvalue weighted by Gasteiger charge is -2.16. The van der Waals surface area contributed by atoms with Gasteiger partial charge in [-0.15, -0.1) is 0 Å². The first-order valence-corrected chi connectivity index (χ1v) is 7.91. The third-order valence-electron chi connectivity index (χ3n) is 3.42. The highest BCUT2D eigenvalue weighted by Gasteiger charge is 2.07. The first-order chi connectivity index (χ1) is 10.5. The van der Waals surface area contributed by atoms with Gasteiger partial charge in [0.1, 0.15) is 11.5 Å². The molecule has 0 aliphatic heterocycles. The molecular formula is C19H22O2S. The molecule has 0 heterocycles. The summed E-state index contributed by atoms with van der Waals surface area (Å²) in [5.41, 5.74) is 2.93. The Labute approximate surface area is 137 Å². The third-order valence-corrected chi connectivity index (χ3v) is 3.63. The topological polar surface area (TPSA) is 29.5 Å². The van der Waals surface area contributed by atoms with Crippen molar-refractivity contribution in [2.45, 2.75) is 31.6 Å². The molecule has 0 amide bonds. The molecule has 0 aliphatic carbocycles. The number of aliphatic hydroxyl groups is 1. The Morgan fingerprint density at radius 2 is 1.55 bits per heavy atom. The second-order valence-electron chi connectivity index (χ2n) is 5.56. The molecule has 0 saturated heterocycles. The van der Waals surface area contributed by atoms with Crippen molar-refractivity contribution in [1.29, 1.82) is 0 Å². The fraction of sp³-hybridized carbons (Fsp3) is 0.263. The number of rotatable bonds is 6. The molecule has 2 nitrogen and oxygen atoms in total. The van der Waals surface area contributed by atoms with E-state index >= 15 is 0 Å². The molecular weight excluding hydrogens is 292 g/mol. The Morgan fingerprint density at radius 3 is 2.00 bits per heavy atom. The van der Waals surface area contributed by atoms with Gasteiger partial charge in [-0.25, -0.2) is 0 Å². The van der Waals surface area contributed by atoms with Crippen LogP contribution in [0, 0.1) is 0 Å². The fourth-order valence-corrected chi connectivity index (χ4v) is 2.64. The van der Waals surface area contributed by atoms with E-state index < -0.39 is 0 Å². The summed E-state index contributed by atoms with van der Waals surface area (Å²) in [6.45, 7) is 7.64. The van der Waals surface area contributed by atoms with Crippen LogP contribution in [0.2, 0.25) is 0 Å². The Kier molecular flexibility index (Phi) is 5.56. The Balaban J connectivity index is 2.06. The van der Waals surface area contributed by atoms with Crippen molar-refractivity contribution >= 4 is 18.4 Å². The van der Waals surface area contributed by atoms with E-state index in [9.17, 15) is 5.11 Å². The summed E-state index contributed by atoms with van der Waals surface area (Å²) in [5, 5.41) is 9.68. The average Bonchev–Trinajstić information content (AvgIpc) is 2.47. The van der Waals surface area contributed by atoms with Crippen LogP contribution < -0.4 is 4.74 Å². The second-order valence-corrected chi connectivity index (χ2v) is 6.44. The highest BCUT2D eigenvalue weighted by Crippen LogP contribution is 2.24. The third kappa shape index (κ3) is 4.57. The average molecular weight is 314 g/mol. The van der Waals surface area contributed by atoms with Crippen molar-refractivity contribution in [2.24, 2.45) is 0 Å². The minimum Gasteiger partial charge on any atom is -0.508 e. The standard InChI is InChI=1S/C19H22O2S/c1-13(12-14(2)22)21-19-10-8-18(9-11-19)17-6-4-16(5-7-17)15(3)20/h4-11,13-14,20,22H,3,12H2,1-2H3/t13-,14?/m0/s1. The van der Waals surface area contributed by atoms with Crippen LogP contribution in [0.3, 0.4) is 0 Å². The monoisotopic (exact) mass is 314 g/mol. The molecule has 3 heteroatoms. The lowest BCUT2D eigenvalue weighted by molar-refractivity contribution is 0.212. The zero-order chi connectivity index (χ0) is 16.1. The van der Waals surface area contributed by atoms with Crippen LogP contribution in [0.25, 0.3) is 16.9 Å². The van der Waals surface area contributed by atoms with Gasteiger partial charge in [-0.3, -0.25) is 0 Å². The van der Waals surface area contributed by atoms with Crippen molar-refractivity contribution in [3.63, 3.8) is 0 Å². The van der Waals surface area contributed by atoms with E-state index in [0.29, 0.717) is 5.25 Å². The molecule has 2 aromatic carbocycles. The summed E-state index contributed by atoms with van der Waals surface area (Å²) in [7, 11) is 0. The normalized spacial score (nSPS) is 13.4. The van der Waals surface area contributed by atoms with Gasteiger partial charge in [0.05, 0.1) is 6.10 Å². The zero-order valence-electron chi connectivity index (χ0n) is 13.0. The smallest absolute Gasteiger partial charge is 0.119 e. The first kappa shape index (κ1) is 16.5. The molecule has 0 spiro atoms. The number of thiol groups is 1. The summed E-state index contributed by atoms with van der Waals surface area (Å²) in [4.78, 5) is 0. The summed E-state index contributed by atoms with van der Waals surface area (Å²) >= 11 is 4.39. The fourth-order valence-electron chi connectivity index (χ4n) is 2.34. The molecule has 0 saturated carbocycles. The van der Waals surface area contributed by atoms with Gasteiger partial charge in [-0.05, 0) is 36.6 Å². The molecule has 22 heavy (non-hydrogen) atoms. The van der Waals surface area contributed by atoms with E-state index in [0.717, 1.165) is 28.9 Å². The van der Waals surface area contributed by atoms with Gasteiger partial charge in [0, 0.05) is 10.8 Å². The van der Waals surface area contributed by atoms with E-state index in [4.69, 9.17) is 4.74 Å². The van der Waals surface area contributed by atoms with Crippen LogP contribution in [0.5, 0.6) is 5.75 Å². The SMILES string of the molecule is C=C(O)c1ccc(-c2ccc(O[C@@H](C)CC(C)S)cc2)cc1. The molecule has 1 unspecified atom stereocenters. The van der Waals surface area contributed by atoms with Crippen molar-refractivity contribution in [3.8, 4) is 16.9 Å². The maximum atomic E-state index is 9.35.